The van der Waals surface area contributed by atoms with Gasteiger partial charge in [0.2, 0.25) is 5.91 Å². The summed E-state index contributed by atoms with van der Waals surface area (Å²) in [6.07, 6.45) is 3.54. The maximum Gasteiger partial charge on any atom is 0.407 e. The fraction of sp³-hybridized carbons (Fsp3) is 0.349. The Kier molecular flexibility index (Phi) is 11.4. The van der Waals surface area contributed by atoms with Crippen molar-refractivity contribution in [2.45, 2.75) is 63.7 Å². The van der Waals surface area contributed by atoms with Gasteiger partial charge in [0, 0.05) is 29.4 Å². The van der Waals surface area contributed by atoms with Crippen LogP contribution in [0.5, 0.6) is 0 Å². The molecular weight excluding hydrogens is 789 g/mol. The number of hydrogen-bond acceptors (Lipinski definition) is 10. The Labute approximate surface area is 348 Å². The van der Waals surface area contributed by atoms with Gasteiger partial charge in [-0.2, -0.15) is 0 Å². The first kappa shape index (κ1) is 39.6. The molecule has 2 aromatic carbocycles. The minimum atomic E-state index is -0.893. The normalized spacial score (nSPS) is 17.5. The number of carbonyl (C=O) groups excluding carboxylic acids is 4. The Bertz CT molecular complexity index is 2580. The first-order valence-electron chi connectivity index (χ1n) is 19.5. The third-order valence-electron chi connectivity index (χ3n) is 10.9. The Balaban J connectivity index is 0.981. The molecule has 0 bridgehead atoms. The molecule has 2 aliphatic rings. The van der Waals surface area contributed by atoms with Crippen LogP contribution in [0.15, 0.2) is 65.5 Å². The molecule has 2 aliphatic heterocycles. The summed E-state index contributed by atoms with van der Waals surface area (Å²) < 4.78 is 11.8. The van der Waals surface area contributed by atoms with Crippen LogP contribution in [0.2, 0.25) is 0 Å². The van der Waals surface area contributed by atoms with Gasteiger partial charge in [0.15, 0.2) is 0 Å². The van der Waals surface area contributed by atoms with Crippen molar-refractivity contribution in [2.75, 3.05) is 27.3 Å². The number of imidazole rings is 2. The molecule has 8 rings (SSSR count). The third kappa shape index (κ3) is 8.00. The fourth-order valence-corrected chi connectivity index (χ4v) is 10.3. The van der Waals surface area contributed by atoms with E-state index in [9.17, 15) is 19.2 Å². The van der Waals surface area contributed by atoms with Crippen LogP contribution in [-0.2, 0) is 19.1 Å². The van der Waals surface area contributed by atoms with Crippen LogP contribution < -0.4 is 10.6 Å². The van der Waals surface area contributed by atoms with E-state index in [1.54, 1.807) is 33.8 Å². The van der Waals surface area contributed by atoms with Gasteiger partial charge in [-0.15, -0.1) is 22.7 Å². The average molecular weight is 833 g/mol. The zero-order valence-electron chi connectivity index (χ0n) is 33.0. The molecular formula is C43H44N8O6S2. The number of nitrogens with zero attached hydrogens (tertiary/aromatic N) is 4. The fourth-order valence-electron chi connectivity index (χ4n) is 7.95. The topological polar surface area (TPSA) is 175 Å². The van der Waals surface area contributed by atoms with Crippen LogP contribution in [0, 0.1) is 17.8 Å². The summed E-state index contributed by atoms with van der Waals surface area (Å²) in [4.78, 5) is 71.7. The van der Waals surface area contributed by atoms with Gasteiger partial charge in [0.25, 0.3) is 5.91 Å². The van der Waals surface area contributed by atoms with Gasteiger partial charge in [-0.05, 0) is 60.8 Å². The van der Waals surface area contributed by atoms with Crippen LogP contribution in [0.25, 0.3) is 31.6 Å². The number of aromatic amines is 2. The van der Waals surface area contributed by atoms with E-state index in [2.05, 4.69) is 60.3 Å². The largest absolute Gasteiger partial charge is 0.453 e. The number of benzene rings is 2. The van der Waals surface area contributed by atoms with Gasteiger partial charge in [-0.25, -0.2) is 19.6 Å². The Morgan fingerprint density at radius 2 is 1.53 bits per heavy atom. The van der Waals surface area contributed by atoms with Crippen molar-refractivity contribution in [3.05, 3.63) is 94.0 Å². The van der Waals surface area contributed by atoms with E-state index >= 15 is 0 Å². The lowest BCUT2D eigenvalue weighted by molar-refractivity contribution is -0.135. The highest BCUT2D eigenvalue weighted by atomic mass is 32.1. The molecule has 4 unspecified atom stereocenters. The number of likely N-dealkylation sites (tertiary alicyclic amines) is 2. The minimum absolute atomic E-state index is 0.114. The standard InChI is InChI=1S/C43H44N8O6S2/c1-24(2)34(48-42(54)56-3)40(52)51-19-9-13-33(51)39-46-30-17-15-26(20-31(30)47-39)29-23-59-36-27(22-58-37(29)36)14-16-28-21-44-38(45-28)32-12-8-18-50(32)41(53)35(49-43(55)57-4)25-10-6-5-7-11-25/h5-7,10-11,15,17,20-24,32-35H,8-9,12-13,18-19H2,1-4H3,(H,44,45)(H,46,47)(H,48,54)(H,49,55). The van der Waals surface area contributed by atoms with Crippen molar-refractivity contribution in [1.82, 2.24) is 40.4 Å². The van der Waals surface area contributed by atoms with E-state index in [-0.39, 0.29) is 29.8 Å². The Hall–Kier alpha value is -6.18. The second-order valence-corrected chi connectivity index (χ2v) is 16.7. The number of methoxy groups -OCH3 is 2. The quantitative estimate of drug-likeness (QED) is 0.109. The molecule has 0 aliphatic carbocycles. The first-order chi connectivity index (χ1) is 28.6. The smallest absolute Gasteiger partial charge is 0.407 e. The highest BCUT2D eigenvalue weighted by Crippen LogP contribution is 2.41. The van der Waals surface area contributed by atoms with Crippen LogP contribution in [-0.4, -0.2) is 87.1 Å². The molecule has 6 aromatic rings. The SMILES string of the molecule is COC(=O)NC(C(=O)N1CCCC1c1ncc(C#Cc2csc3c(-c4ccc5nc(C6CCCN6C(=O)C(NC(=O)OC)C(C)C)[nH]c5c4)csc23)[nH]1)c1ccccc1. The molecule has 14 nitrogen and oxygen atoms in total. The van der Waals surface area contributed by atoms with E-state index in [4.69, 9.17) is 14.5 Å². The summed E-state index contributed by atoms with van der Waals surface area (Å²) in [7, 11) is 2.57. The Morgan fingerprint density at radius 1 is 0.831 bits per heavy atom. The summed E-state index contributed by atoms with van der Waals surface area (Å²) in [5, 5.41) is 9.64. The molecule has 304 valence electrons. The first-order valence-corrected chi connectivity index (χ1v) is 21.3. The van der Waals surface area contributed by atoms with Crippen LogP contribution in [0.3, 0.4) is 0 Å². The number of amides is 4. The number of thiophene rings is 2. The molecule has 4 aromatic heterocycles. The number of ether oxygens (including phenoxy) is 2. The van der Waals surface area contributed by atoms with Crippen molar-refractivity contribution in [3.8, 4) is 23.0 Å². The lowest BCUT2D eigenvalue weighted by atomic mass is 10.0. The van der Waals surface area contributed by atoms with Crippen LogP contribution >= 0.6 is 22.7 Å². The number of nitrogens with one attached hydrogen (secondary N) is 4. The molecule has 4 N–H and O–H groups in total. The number of aromatic nitrogens is 4. The van der Waals surface area contributed by atoms with E-state index in [0.29, 0.717) is 30.2 Å². The maximum absolute atomic E-state index is 13.9. The van der Waals surface area contributed by atoms with E-state index in [1.807, 2.05) is 55.1 Å². The molecule has 0 spiro atoms. The molecule has 2 saturated heterocycles. The molecule has 2 fully saturated rings. The number of hydrogen-bond donors (Lipinski definition) is 4. The maximum atomic E-state index is 13.9. The van der Waals surface area contributed by atoms with Crippen molar-refractivity contribution in [3.63, 3.8) is 0 Å². The highest BCUT2D eigenvalue weighted by Gasteiger charge is 2.39. The summed E-state index contributed by atoms with van der Waals surface area (Å²) >= 11 is 3.30. The van der Waals surface area contributed by atoms with Crippen LogP contribution in [0.4, 0.5) is 9.59 Å². The molecule has 4 amide bonds. The number of H-pyrrole nitrogens is 2. The zero-order valence-corrected chi connectivity index (χ0v) is 34.7. The molecule has 4 atom stereocenters. The predicted molar refractivity (Wildman–Crippen MR) is 226 cm³/mol. The van der Waals surface area contributed by atoms with Crippen molar-refractivity contribution < 1.29 is 28.7 Å². The summed E-state index contributed by atoms with van der Waals surface area (Å²) in [6.45, 7) is 4.93. The van der Waals surface area contributed by atoms with E-state index < -0.39 is 24.3 Å². The number of rotatable bonds is 9. The van der Waals surface area contributed by atoms with Gasteiger partial charge >= 0.3 is 12.2 Å². The lowest BCUT2D eigenvalue weighted by Crippen LogP contribution is -2.51. The van der Waals surface area contributed by atoms with Gasteiger partial charge < -0.3 is 39.9 Å². The molecule has 16 heteroatoms. The minimum Gasteiger partial charge on any atom is -0.453 e. The molecule has 6 heterocycles. The number of alkyl carbamates (subject to hydrolysis) is 2. The lowest BCUT2D eigenvalue weighted by Gasteiger charge is -2.29. The van der Waals surface area contributed by atoms with Gasteiger partial charge in [-0.1, -0.05) is 56.2 Å². The second kappa shape index (κ2) is 17.0. The summed E-state index contributed by atoms with van der Waals surface area (Å²) in [5.41, 5.74) is 6.09. The third-order valence-corrected chi connectivity index (χ3v) is 13.1. The molecule has 0 radical (unpaired) electrons. The van der Waals surface area contributed by atoms with Gasteiger partial charge in [-0.3, -0.25) is 9.59 Å². The van der Waals surface area contributed by atoms with Crippen molar-refractivity contribution in [2.24, 2.45) is 5.92 Å². The summed E-state index contributed by atoms with van der Waals surface area (Å²) in [6, 6.07) is 13.2. The monoisotopic (exact) mass is 832 g/mol. The average Bonchev–Trinajstić information content (AvgIpc) is 4.11. The highest BCUT2D eigenvalue weighted by molar-refractivity contribution is 7.27. The van der Waals surface area contributed by atoms with E-state index in [0.717, 1.165) is 68.6 Å². The van der Waals surface area contributed by atoms with Crippen molar-refractivity contribution >= 4 is 67.1 Å². The molecule has 59 heavy (non-hydrogen) atoms. The number of carbonyl (C=O) groups is 4. The zero-order chi connectivity index (χ0) is 41.2. The van der Waals surface area contributed by atoms with Crippen molar-refractivity contribution in [1.29, 1.82) is 0 Å². The van der Waals surface area contributed by atoms with Gasteiger partial charge in [0.05, 0.1) is 58.5 Å². The number of fused-ring (bicyclic) bond motifs is 2. The summed E-state index contributed by atoms with van der Waals surface area (Å²) in [5.74, 6) is 7.48. The van der Waals surface area contributed by atoms with Crippen LogP contribution in [0.1, 0.15) is 86.1 Å². The van der Waals surface area contributed by atoms with E-state index in [1.165, 1.54) is 14.2 Å². The molecule has 0 saturated carbocycles. The Morgan fingerprint density at radius 3 is 2.25 bits per heavy atom. The van der Waals surface area contributed by atoms with Gasteiger partial charge in [0.1, 0.15) is 29.4 Å². The second-order valence-electron chi connectivity index (χ2n) is 15.0. The predicted octanol–water partition coefficient (Wildman–Crippen LogP) is 7.43.